The van der Waals surface area contributed by atoms with Gasteiger partial charge < -0.3 is 20.5 Å². The first kappa shape index (κ1) is 17.1. The molecule has 1 unspecified atom stereocenters. The highest BCUT2D eigenvalue weighted by Crippen LogP contribution is 2.28. The molecule has 1 rings (SSSR count). The van der Waals surface area contributed by atoms with Crippen LogP contribution in [0.3, 0.4) is 0 Å². The van der Waals surface area contributed by atoms with E-state index < -0.39 is 18.0 Å². The first-order valence-corrected chi connectivity index (χ1v) is 6.22. The largest absolute Gasteiger partial charge is 0.573 e. The number of alkyl halides is 3. The van der Waals surface area contributed by atoms with Crippen LogP contribution >= 0.6 is 0 Å². The van der Waals surface area contributed by atoms with E-state index in [9.17, 15) is 18.0 Å². The lowest BCUT2D eigenvalue weighted by molar-refractivity contribution is -0.274. The lowest BCUT2D eigenvalue weighted by Gasteiger charge is -2.16. The van der Waals surface area contributed by atoms with Gasteiger partial charge in [-0.3, -0.25) is 4.79 Å². The van der Waals surface area contributed by atoms with Crippen molar-refractivity contribution in [1.29, 1.82) is 0 Å². The smallest absolute Gasteiger partial charge is 0.404 e. The molecule has 1 aromatic carbocycles. The number of hydrogen-bond donors (Lipinski definition) is 2. The maximum Gasteiger partial charge on any atom is 0.573 e. The van der Waals surface area contributed by atoms with Gasteiger partial charge in [-0.05, 0) is 24.6 Å². The van der Waals surface area contributed by atoms with E-state index in [-0.39, 0.29) is 17.3 Å². The molecule has 0 aliphatic rings. The first-order valence-electron chi connectivity index (χ1n) is 6.22. The molecule has 0 fully saturated rings. The molecule has 1 atom stereocenters. The number of ether oxygens (including phenoxy) is 2. The molecule has 0 aliphatic heterocycles. The van der Waals surface area contributed by atoms with Crippen LogP contribution in [0.5, 0.6) is 5.75 Å². The molecule has 0 saturated carbocycles. The minimum absolute atomic E-state index is 0.150. The van der Waals surface area contributed by atoms with Crippen molar-refractivity contribution in [1.82, 2.24) is 5.32 Å². The van der Waals surface area contributed by atoms with Crippen molar-refractivity contribution in [3.8, 4) is 5.75 Å². The number of amides is 1. The Morgan fingerprint density at radius 3 is 2.57 bits per heavy atom. The Hall–Kier alpha value is -1.96. The van der Waals surface area contributed by atoms with Crippen LogP contribution in [0, 0.1) is 0 Å². The number of hydrogen-bond acceptors (Lipinski definition) is 4. The molecule has 5 nitrogen and oxygen atoms in total. The number of methoxy groups -OCH3 is 1. The minimum atomic E-state index is -4.83. The monoisotopic (exact) mass is 306 g/mol. The minimum Gasteiger partial charge on any atom is -0.404 e. The molecule has 0 radical (unpaired) electrons. The average Bonchev–Trinajstić information content (AvgIpc) is 2.39. The number of rotatable bonds is 6. The molecule has 1 amide bonds. The fourth-order valence-corrected chi connectivity index (χ4v) is 1.64. The fourth-order valence-electron chi connectivity index (χ4n) is 1.64. The average molecular weight is 306 g/mol. The summed E-state index contributed by atoms with van der Waals surface area (Å²) in [6.45, 7) is 2.21. The van der Waals surface area contributed by atoms with Crippen LogP contribution in [0.2, 0.25) is 0 Å². The molecular weight excluding hydrogens is 289 g/mol. The zero-order valence-corrected chi connectivity index (χ0v) is 11.7. The number of benzene rings is 1. The van der Waals surface area contributed by atoms with Gasteiger partial charge in [-0.2, -0.15) is 0 Å². The summed E-state index contributed by atoms with van der Waals surface area (Å²) in [6, 6.07) is 3.17. The second-order valence-electron chi connectivity index (χ2n) is 4.33. The zero-order valence-electron chi connectivity index (χ0n) is 11.7. The molecule has 0 bridgehead atoms. The third-order valence-electron chi connectivity index (χ3n) is 2.69. The van der Waals surface area contributed by atoms with Crippen molar-refractivity contribution in [3.05, 3.63) is 23.8 Å². The van der Waals surface area contributed by atoms with Gasteiger partial charge in [-0.25, -0.2) is 0 Å². The second-order valence-corrected chi connectivity index (χ2v) is 4.33. The first-order chi connectivity index (χ1) is 9.76. The normalized spacial score (nSPS) is 12.8. The molecule has 0 saturated heterocycles. The predicted octanol–water partition coefficient (Wildman–Crippen LogP) is 2.32. The highest BCUT2D eigenvalue weighted by Gasteiger charge is 2.32. The summed E-state index contributed by atoms with van der Waals surface area (Å²) < 4.78 is 45.0. The van der Waals surface area contributed by atoms with Crippen LogP contribution in [0.1, 0.15) is 23.7 Å². The Kier molecular flexibility index (Phi) is 5.83. The molecule has 0 aromatic heterocycles. The van der Waals surface area contributed by atoms with Gasteiger partial charge in [0.2, 0.25) is 0 Å². The molecule has 118 valence electrons. The summed E-state index contributed by atoms with van der Waals surface area (Å²) in [5.74, 6) is -0.979. The Morgan fingerprint density at radius 2 is 2.10 bits per heavy atom. The van der Waals surface area contributed by atoms with Gasteiger partial charge in [0.25, 0.3) is 5.91 Å². The van der Waals surface area contributed by atoms with Crippen molar-refractivity contribution in [2.45, 2.75) is 25.7 Å². The van der Waals surface area contributed by atoms with Crippen molar-refractivity contribution >= 4 is 11.6 Å². The zero-order chi connectivity index (χ0) is 16.0. The van der Waals surface area contributed by atoms with Gasteiger partial charge >= 0.3 is 6.36 Å². The van der Waals surface area contributed by atoms with Gasteiger partial charge in [0, 0.05) is 12.7 Å². The van der Waals surface area contributed by atoms with Crippen LogP contribution in [0.15, 0.2) is 18.2 Å². The summed E-state index contributed by atoms with van der Waals surface area (Å²) in [6.07, 6.45) is -4.17. The highest BCUT2D eigenvalue weighted by atomic mass is 19.4. The van der Waals surface area contributed by atoms with Crippen LogP contribution in [0.4, 0.5) is 18.9 Å². The predicted molar refractivity (Wildman–Crippen MR) is 71.0 cm³/mol. The SMILES string of the molecule is CCC(COC)NC(=O)c1ccc(OC(F)(F)F)c(N)c1. The maximum atomic E-state index is 12.1. The van der Waals surface area contributed by atoms with E-state index >= 15 is 0 Å². The van der Waals surface area contributed by atoms with E-state index in [4.69, 9.17) is 10.5 Å². The van der Waals surface area contributed by atoms with Crippen molar-refractivity contribution in [2.24, 2.45) is 0 Å². The number of carbonyl (C=O) groups is 1. The number of nitrogens with one attached hydrogen (secondary N) is 1. The van der Waals surface area contributed by atoms with E-state index in [1.54, 1.807) is 0 Å². The Morgan fingerprint density at radius 1 is 1.43 bits per heavy atom. The standard InChI is InChI=1S/C13H17F3N2O3/c1-3-9(7-20-2)18-12(19)8-4-5-11(10(17)6-8)21-13(14,15)16/h4-6,9H,3,7,17H2,1-2H3,(H,18,19). The maximum absolute atomic E-state index is 12.1. The summed E-state index contributed by atoms with van der Waals surface area (Å²) in [5, 5.41) is 2.70. The quantitative estimate of drug-likeness (QED) is 0.791. The lowest BCUT2D eigenvalue weighted by Crippen LogP contribution is -2.37. The van der Waals surface area contributed by atoms with Crippen LogP contribution < -0.4 is 15.8 Å². The Labute approximate surface area is 120 Å². The molecule has 0 heterocycles. The number of nitrogen functional groups attached to an aromatic ring is 1. The molecule has 8 heteroatoms. The van der Waals surface area contributed by atoms with E-state index in [2.05, 4.69) is 10.1 Å². The highest BCUT2D eigenvalue weighted by molar-refractivity contribution is 5.95. The van der Waals surface area contributed by atoms with E-state index in [1.165, 1.54) is 13.2 Å². The van der Waals surface area contributed by atoms with Crippen LogP contribution in [0.25, 0.3) is 0 Å². The van der Waals surface area contributed by atoms with E-state index in [0.717, 1.165) is 12.1 Å². The topological polar surface area (TPSA) is 73.6 Å². The van der Waals surface area contributed by atoms with Gasteiger partial charge in [0.1, 0.15) is 0 Å². The second kappa shape index (κ2) is 7.16. The summed E-state index contributed by atoms with van der Waals surface area (Å²) in [7, 11) is 1.51. The molecular formula is C13H17F3N2O3. The molecule has 1 aromatic rings. The lowest BCUT2D eigenvalue weighted by atomic mass is 10.1. The van der Waals surface area contributed by atoms with Gasteiger partial charge in [0.05, 0.1) is 18.3 Å². The van der Waals surface area contributed by atoms with E-state index in [0.29, 0.717) is 13.0 Å². The van der Waals surface area contributed by atoms with Crippen molar-refractivity contribution < 1.29 is 27.4 Å². The Bertz CT molecular complexity index is 492. The summed E-state index contributed by atoms with van der Waals surface area (Å²) in [5.41, 5.74) is 5.34. The molecule has 3 N–H and O–H groups in total. The third-order valence-corrected chi connectivity index (χ3v) is 2.69. The Balaban J connectivity index is 2.81. The molecule has 21 heavy (non-hydrogen) atoms. The van der Waals surface area contributed by atoms with Crippen molar-refractivity contribution in [2.75, 3.05) is 19.5 Å². The van der Waals surface area contributed by atoms with Gasteiger partial charge in [-0.15, -0.1) is 13.2 Å². The van der Waals surface area contributed by atoms with Crippen LogP contribution in [-0.4, -0.2) is 32.0 Å². The van der Waals surface area contributed by atoms with Crippen molar-refractivity contribution in [3.63, 3.8) is 0 Å². The summed E-state index contributed by atoms with van der Waals surface area (Å²) in [4.78, 5) is 12.0. The number of nitrogens with two attached hydrogens (primary N) is 1. The number of halogens is 3. The molecule has 0 aliphatic carbocycles. The molecule has 0 spiro atoms. The number of anilines is 1. The third kappa shape index (κ3) is 5.50. The van der Waals surface area contributed by atoms with Crippen LogP contribution in [-0.2, 0) is 4.74 Å². The van der Waals surface area contributed by atoms with Gasteiger partial charge in [0.15, 0.2) is 5.75 Å². The summed E-state index contributed by atoms with van der Waals surface area (Å²) >= 11 is 0. The van der Waals surface area contributed by atoms with E-state index in [1.807, 2.05) is 6.92 Å². The number of carbonyl (C=O) groups excluding carboxylic acids is 1. The fraction of sp³-hybridized carbons (Fsp3) is 0.462. The van der Waals surface area contributed by atoms with Gasteiger partial charge in [-0.1, -0.05) is 6.92 Å².